The second kappa shape index (κ2) is 4.62. The van der Waals surface area contributed by atoms with E-state index in [2.05, 4.69) is 15.9 Å². The molecule has 3 heteroatoms. The van der Waals surface area contributed by atoms with E-state index < -0.39 is 0 Å². The first-order chi connectivity index (χ1) is 8.27. The van der Waals surface area contributed by atoms with Gasteiger partial charge < -0.3 is 9.47 Å². The molecule has 3 rings (SSSR count). The normalized spacial score (nSPS) is 26.5. The van der Waals surface area contributed by atoms with Gasteiger partial charge in [-0.2, -0.15) is 0 Å². The molecule has 0 bridgehead atoms. The predicted molar refractivity (Wildman–Crippen MR) is 70.3 cm³/mol. The average Bonchev–Trinajstić information content (AvgIpc) is 2.31. The van der Waals surface area contributed by atoms with Crippen LogP contribution in [0.2, 0.25) is 0 Å². The van der Waals surface area contributed by atoms with E-state index in [9.17, 15) is 0 Å². The van der Waals surface area contributed by atoms with Crippen molar-refractivity contribution in [2.24, 2.45) is 0 Å². The van der Waals surface area contributed by atoms with Gasteiger partial charge >= 0.3 is 0 Å². The van der Waals surface area contributed by atoms with Crippen LogP contribution in [0.4, 0.5) is 0 Å². The summed E-state index contributed by atoms with van der Waals surface area (Å²) in [5, 5.41) is 0. The van der Waals surface area contributed by atoms with Crippen molar-refractivity contribution >= 4 is 15.9 Å². The Labute approximate surface area is 110 Å². The van der Waals surface area contributed by atoms with Gasteiger partial charge in [0.2, 0.25) is 0 Å². The minimum Gasteiger partial charge on any atom is -0.489 e. The number of halogens is 1. The van der Waals surface area contributed by atoms with Crippen LogP contribution in [0.25, 0.3) is 0 Å². The van der Waals surface area contributed by atoms with Crippen molar-refractivity contribution in [3.05, 3.63) is 28.7 Å². The molecule has 1 spiro atoms. The van der Waals surface area contributed by atoms with Crippen LogP contribution in [0.15, 0.2) is 28.7 Å². The van der Waals surface area contributed by atoms with E-state index in [0.717, 1.165) is 29.7 Å². The Bertz CT molecular complexity index is 401. The minimum absolute atomic E-state index is 0.157. The maximum absolute atomic E-state index is 6.09. The lowest BCUT2D eigenvalue weighted by atomic mass is 9.74. The molecule has 17 heavy (non-hydrogen) atoms. The van der Waals surface area contributed by atoms with Crippen molar-refractivity contribution < 1.29 is 9.47 Å². The Morgan fingerprint density at radius 1 is 1.29 bits per heavy atom. The van der Waals surface area contributed by atoms with E-state index in [-0.39, 0.29) is 5.60 Å². The molecule has 1 unspecified atom stereocenters. The number of rotatable bonds is 2. The van der Waals surface area contributed by atoms with Crippen molar-refractivity contribution in [2.45, 2.75) is 43.8 Å². The number of para-hydroxylation sites is 1. The molecule has 1 atom stereocenters. The smallest absolute Gasteiger partial charge is 0.133 e. The Morgan fingerprint density at radius 3 is 2.82 bits per heavy atom. The van der Waals surface area contributed by atoms with Crippen molar-refractivity contribution in [3.8, 4) is 5.75 Å². The number of ether oxygens (including phenoxy) is 2. The zero-order valence-corrected chi connectivity index (χ0v) is 11.4. The van der Waals surface area contributed by atoms with Gasteiger partial charge in [0.15, 0.2) is 0 Å². The number of benzene rings is 1. The molecule has 1 aliphatic heterocycles. The van der Waals surface area contributed by atoms with Gasteiger partial charge in [-0.1, -0.05) is 12.1 Å². The van der Waals surface area contributed by atoms with Crippen LogP contribution in [0, 0.1) is 0 Å². The molecule has 2 aliphatic rings. The number of hydrogen-bond donors (Lipinski definition) is 0. The molecular weight excluding hydrogens is 280 g/mol. The van der Waals surface area contributed by atoms with Crippen molar-refractivity contribution in [3.63, 3.8) is 0 Å². The maximum Gasteiger partial charge on any atom is 0.133 e. The highest BCUT2D eigenvalue weighted by atomic mass is 79.9. The molecule has 1 aromatic rings. The first-order valence-corrected chi connectivity index (χ1v) is 7.12. The van der Waals surface area contributed by atoms with Crippen LogP contribution in [0.5, 0.6) is 5.75 Å². The van der Waals surface area contributed by atoms with Crippen LogP contribution in [-0.2, 0) is 4.74 Å². The van der Waals surface area contributed by atoms with Gasteiger partial charge in [0.25, 0.3) is 0 Å². The quantitative estimate of drug-likeness (QED) is 0.823. The molecule has 2 nitrogen and oxygen atoms in total. The summed E-state index contributed by atoms with van der Waals surface area (Å²) in [5.41, 5.74) is 0.157. The first-order valence-electron chi connectivity index (χ1n) is 6.33. The summed E-state index contributed by atoms with van der Waals surface area (Å²) in [7, 11) is 0. The Hall–Kier alpha value is -0.540. The highest BCUT2D eigenvalue weighted by molar-refractivity contribution is 9.10. The fourth-order valence-corrected chi connectivity index (χ4v) is 3.10. The molecule has 0 amide bonds. The fourth-order valence-electron chi connectivity index (χ4n) is 2.72. The summed E-state index contributed by atoms with van der Waals surface area (Å²) in [6, 6.07) is 8.06. The molecule has 0 aromatic heterocycles. The summed E-state index contributed by atoms with van der Waals surface area (Å²) in [6.45, 7) is 0.842. The summed E-state index contributed by atoms with van der Waals surface area (Å²) in [6.07, 6.45) is 6.09. The third kappa shape index (κ3) is 2.36. The summed E-state index contributed by atoms with van der Waals surface area (Å²) >= 11 is 3.53. The molecule has 1 heterocycles. The monoisotopic (exact) mass is 296 g/mol. The lowest BCUT2D eigenvalue weighted by Crippen LogP contribution is -2.48. The second-order valence-corrected chi connectivity index (χ2v) is 5.90. The summed E-state index contributed by atoms with van der Waals surface area (Å²) < 4.78 is 13.0. The predicted octanol–water partition coefficient (Wildman–Crippen LogP) is 3.93. The molecular formula is C14H17BrO2. The van der Waals surface area contributed by atoms with Crippen LogP contribution in [-0.4, -0.2) is 18.3 Å². The fraction of sp³-hybridized carbons (Fsp3) is 0.571. The van der Waals surface area contributed by atoms with Gasteiger partial charge in [-0.15, -0.1) is 0 Å². The van der Waals surface area contributed by atoms with Gasteiger partial charge in [0.05, 0.1) is 16.7 Å². The first kappa shape index (κ1) is 11.5. The lowest BCUT2D eigenvalue weighted by molar-refractivity contribution is -0.153. The molecule has 0 radical (unpaired) electrons. The molecule has 1 aromatic carbocycles. The van der Waals surface area contributed by atoms with E-state index in [1.807, 2.05) is 24.3 Å². The maximum atomic E-state index is 6.09. The van der Waals surface area contributed by atoms with Crippen LogP contribution >= 0.6 is 15.9 Å². The standard InChI is InChI=1S/C14H17BrO2/c15-12-4-1-2-5-13(12)17-11-6-9-16-14(10-11)7-3-8-14/h1-2,4-5,11H,3,6-10H2. The van der Waals surface area contributed by atoms with Crippen LogP contribution in [0.3, 0.4) is 0 Å². The van der Waals surface area contributed by atoms with E-state index in [4.69, 9.17) is 9.47 Å². The van der Waals surface area contributed by atoms with E-state index in [0.29, 0.717) is 6.10 Å². The third-order valence-corrected chi connectivity index (χ3v) is 4.50. The van der Waals surface area contributed by atoms with Crippen molar-refractivity contribution in [1.29, 1.82) is 0 Å². The molecule has 2 fully saturated rings. The van der Waals surface area contributed by atoms with E-state index in [1.165, 1.54) is 19.3 Å². The topological polar surface area (TPSA) is 18.5 Å². The molecule has 1 saturated heterocycles. The molecule has 1 saturated carbocycles. The third-order valence-electron chi connectivity index (χ3n) is 3.84. The van der Waals surface area contributed by atoms with Crippen molar-refractivity contribution in [2.75, 3.05) is 6.61 Å². The van der Waals surface area contributed by atoms with Gasteiger partial charge in [0.1, 0.15) is 11.9 Å². The van der Waals surface area contributed by atoms with Gasteiger partial charge in [-0.3, -0.25) is 0 Å². The molecule has 92 valence electrons. The Kier molecular flexibility index (Phi) is 3.14. The highest BCUT2D eigenvalue weighted by Gasteiger charge is 2.43. The zero-order valence-electron chi connectivity index (χ0n) is 9.82. The number of hydrogen-bond acceptors (Lipinski definition) is 2. The average molecular weight is 297 g/mol. The SMILES string of the molecule is Brc1ccccc1OC1CCOC2(CCC2)C1. The van der Waals surface area contributed by atoms with Crippen LogP contribution in [0.1, 0.15) is 32.1 Å². The van der Waals surface area contributed by atoms with Gasteiger partial charge in [-0.05, 0) is 47.3 Å². The zero-order chi connectivity index (χ0) is 11.7. The van der Waals surface area contributed by atoms with Crippen LogP contribution < -0.4 is 4.74 Å². The van der Waals surface area contributed by atoms with E-state index in [1.54, 1.807) is 0 Å². The molecule has 0 N–H and O–H groups in total. The Balaban J connectivity index is 1.67. The van der Waals surface area contributed by atoms with Gasteiger partial charge in [0, 0.05) is 12.8 Å². The minimum atomic E-state index is 0.157. The largest absolute Gasteiger partial charge is 0.489 e. The van der Waals surface area contributed by atoms with Gasteiger partial charge in [-0.25, -0.2) is 0 Å². The highest BCUT2D eigenvalue weighted by Crippen LogP contribution is 2.43. The summed E-state index contributed by atoms with van der Waals surface area (Å²) in [5.74, 6) is 0.953. The van der Waals surface area contributed by atoms with Crippen molar-refractivity contribution in [1.82, 2.24) is 0 Å². The summed E-state index contributed by atoms with van der Waals surface area (Å²) in [4.78, 5) is 0. The Morgan fingerprint density at radius 2 is 2.12 bits per heavy atom. The molecule has 1 aliphatic carbocycles. The van der Waals surface area contributed by atoms with E-state index >= 15 is 0 Å². The second-order valence-electron chi connectivity index (χ2n) is 5.05. The lowest BCUT2D eigenvalue weighted by Gasteiger charge is -2.46.